The third kappa shape index (κ3) is 3.81. The number of methoxy groups -OCH3 is 1. The molecule has 1 aliphatic heterocycles. The zero-order valence-corrected chi connectivity index (χ0v) is 12.4. The highest BCUT2D eigenvalue weighted by Crippen LogP contribution is 2.24. The van der Waals surface area contributed by atoms with Crippen LogP contribution in [0.4, 0.5) is 0 Å². The summed E-state index contributed by atoms with van der Waals surface area (Å²) in [7, 11) is 1.62. The van der Waals surface area contributed by atoms with Gasteiger partial charge in [0, 0.05) is 29.2 Å². The molecule has 1 heterocycles. The first-order valence-electron chi connectivity index (χ1n) is 6.09. The molecule has 0 radical (unpaired) electrons. The molecule has 0 bridgehead atoms. The SMILES string of the molecule is COc1ccc(Br)cc1C=CC(=O)N1CCOCC1. The molecule has 0 aliphatic carbocycles. The maximum atomic E-state index is 12.0. The Morgan fingerprint density at radius 2 is 2.16 bits per heavy atom. The van der Waals surface area contributed by atoms with Crippen LogP contribution in [0.1, 0.15) is 5.56 Å². The van der Waals surface area contributed by atoms with Crippen molar-refractivity contribution in [2.45, 2.75) is 0 Å². The van der Waals surface area contributed by atoms with Gasteiger partial charge in [0.15, 0.2) is 0 Å². The quantitative estimate of drug-likeness (QED) is 0.801. The number of carbonyl (C=O) groups is 1. The number of amides is 1. The van der Waals surface area contributed by atoms with Crippen molar-refractivity contribution in [1.29, 1.82) is 0 Å². The normalized spacial score (nSPS) is 15.8. The van der Waals surface area contributed by atoms with Gasteiger partial charge in [0.25, 0.3) is 0 Å². The molecule has 0 N–H and O–H groups in total. The van der Waals surface area contributed by atoms with Crippen LogP contribution in [-0.2, 0) is 9.53 Å². The molecule has 1 aromatic carbocycles. The first-order valence-corrected chi connectivity index (χ1v) is 6.88. The van der Waals surface area contributed by atoms with E-state index in [1.807, 2.05) is 18.2 Å². The summed E-state index contributed by atoms with van der Waals surface area (Å²) in [5.41, 5.74) is 0.874. The van der Waals surface area contributed by atoms with Crippen molar-refractivity contribution >= 4 is 27.9 Å². The summed E-state index contributed by atoms with van der Waals surface area (Å²) < 4.78 is 11.4. The third-order valence-electron chi connectivity index (χ3n) is 2.92. The molecule has 1 aliphatic rings. The molecule has 1 fully saturated rings. The van der Waals surface area contributed by atoms with Crippen molar-refractivity contribution in [3.8, 4) is 5.75 Å². The van der Waals surface area contributed by atoms with Crippen LogP contribution in [0.3, 0.4) is 0 Å². The van der Waals surface area contributed by atoms with Crippen molar-refractivity contribution in [3.63, 3.8) is 0 Å². The van der Waals surface area contributed by atoms with Gasteiger partial charge in [-0.2, -0.15) is 0 Å². The summed E-state index contributed by atoms with van der Waals surface area (Å²) in [5.74, 6) is 0.750. The second-order valence-electron chi connectivity index (χ2n) is 4.16. The molecule has 19 heavy (non-hydrogen) atoms. The molecule has 0 atom stereocenters. The van der Waals surface area contributed by atoms with Crippen LogP contribution in [0.5, 0.6) is 5.75 Å². The molecule has 0 spiro atoms. The van der Waals surface area contributed by atoms with E-state index in [1.54, 1.807) is 24.2 Å². The summed E-state index contributed by atoms with van der Waals surface area (Å²) in [6, 6.07) is 5.69. The highest BCUT2D eigenvalue weighted by atomic mass is 79.9. The Kier molecular flexibility index (Phi) is 4.99. The lowest BCUT2D eigenvalue weighted by Crippen LogP contribution is -2.39. The first-order chi connectivity index (χ1) is 9.20. The van der Waals surface area contributed by atoms with Gasteiger partial charge < -0.3 is 14.4 Å². The zero-order chi connectivity index (χ0) is 13.7. The van der Waals surface area contributed by atoms with Crippen molar-refractivity contribution in [3.05, 3.63) is 34.3 Å². The van der Waals surface area contributed by atoms with Crippen LogP contribution < -0.4 is 4.74 Å². The molecule has 5 heteroatoms. The minimum atomic E-state index is 0.00493. The minimum Gasteiger partial charge on any atom is -0.496 e. The van der Waals surface area contributed by atoms with Crippen LogP contribution >= 0.6 is 15.9 Å². The number of hydrogen-bond acceptors (Lipinski definition) is 3. The minimum absolute atomic E-state index is 0.00493. The van der Waals surface area contributed by atoms with E-state index in [1.165, 1.54) is 0 Å². The van der Waals surface area contributed by atoms with Crippen LogP contribution in [0.2, 0.25) is 0 Å². The molecule has 2 rings (SSSR count). The predicted molar refractivity (Wildman–Crippen MR) is 77.1 cm³/mol. The average Bonchev–Trinajstić information content (AvgIpc) is 2.46. The lowest BCUT2D eigenvalue weighted by molar-refractivity contribution is -0.129. The highest BCUT2D eigenvalue weighted by molar-refractivity contribution is 9.10. The summed E-state index contributed by atoms with van der Waals surface area (Å²) in [4.78, 5) is 13.8. The second kappa shape index (κ2) is 6.73. The Balaban J connectivity index is 2.08. The van der Waals surface area contributed by atoms with Gasteiger partial charge in [0.05, 0.1) is 20.3 Å². The van der Waals surface area contributed by atoms with Gasteiger partial charge in [0.2, 0.25) is 5.91 Å². The smallest absolute Gasteiger partial charge is 0.246 e. The number of ether oxygens (including phenoxy) is 2. The van der Waals surface area contributed by atoms with Gasteiger partial charge in [-0.3, -0.25) is 4.79 Å². The Labute approximate surface area is 121 Å². The Morgan fingerprint density at radius 3 is 2.84 bits per heavy atom. The van der Waals surface area contributed by atoms with Crippen LogP contribution in [0.25, 0.3) is 6.08 Å². The predicted octanol–water partition coefficient (Wildman–Crippen LogP) is 2.33. The van der Waals surface area contributed by atoms with Crippen LogP contribution in [0.15, 0.2) is 28.7 Å². The maximum absolute atomic E-state index is 12.0. The number of benzene rings is 1. The maximum Gasteiger partial charge on any atom is 0.246 e. The standard InChI is InChI=1S/C14H16BrNO3/c1-18-13-4-3-12(15)10-11(13)2-5-14(17)16-6-8-19-9-7-16/h2-5,10H,6-9H2,1H3. The monoisotopic (exact) mass is 325 g/mol. The fraction of sp³-hybridized carbons (Fsp3) is 0.357. The molecule has 1 amide bonds. The third-order valence-corrected chi connectivity index (χ3v) is 3.41. The van der Waals surface area contributed by atoms with E-state index in [0.717, 1.165) is 15.8 Å². The van der Waals surface area contributed by atoms with E-state index in [-0.39, 0.29) is 5.91 Å². The molecule has 1 aromatic rings. The number of halogens is 1. The van der Waals surface area contributed by atoms with Gasteiger partial charge in [-0.1, -0.05) is 15.9 Å². The van der Waals surface area contributed by atoms with Crippen molar-refractivity contribution in [1.82, 2.24) is 4.90 Å². The van der Waals surface area contributed by atoms with Gasteiger partial charge in [0.1, 0.15) is 5.75 Å². The van der Waals surface area contributed by atoms with E-state index < -0.39 is 0 Å². The fourth-order valence-electron chi connectivity index (χ4n) is 1.89. The number of morpholine rings is 1. The fourth-order valence-corrected chi connectivity index (χ4v) is 2.26. The summed E-state index contributed by atoms with van der Waals surface area (Å²) >= 11 is 3.41. The summed E-state index contributed by atoms with van der Waals surface area (Å²) in [6.07, 6.45) is 3.36. The van der Waals surface area contributed by atoms with Gasteiger partial charge in [-0.05, 0) is 24.3 Å². The van der Waals surface area contributed by atoms with Crippen molar-refractivity contribution < 1.29 is 14.3 Å². The Morgan fingerprint density at radius 1 is 1.42 bits per heavy atom. The lowest BCUT2D eigenvalue weighted by Gasteiger charge is -2.25. The molecular formula is C14H16BrNO3. The van der Waals surface area contributed by atoms with E-state index in [4.69, 9.17) is 9.47 Å². The van der Waals surface area contributed by atoms with Gasteiger partial charge in [-0.15, -0.1) is 0 Å². The molecule has 1 saturated heterocycles. The lowest BCUT2D eigenvalue weighted by atomic mass is 10.2. The van der Waals surface area contributed by atoms with Crippen molar-refractivity contribution in [2.24, 2.45) is 0 Å². The topological polar surface area (TPSA) is 38.8 Å². The first kappa shape index (κ1) is 14.1. The largest absolute Gasteiger partial charge is 0.496 e. The van der Waals surface area contributed by atoms with E-state index >= 15 is 0 Å². The summed E-state index contributed by atoms with van der Waals surface area (Å²) in [6.45, 7) is 2.52. The zero-order valence-electron chi connectivity index (χ0n) is 10.8. The number of rotatable bonds is 3. The summed E-state index contributed by atoms with van der Waals surface area (Å²) in [5, 5.41) is 0. The van der Waals surface area contributed by atoms with E-state index in [0.29, 0.717) is 26.3 Å². The van der Waals surface area contributed by atoms with Gasteiger partial charge >= 0.3 is 0 Å². The molecule has 0 aromatic heterocycles. The number of hydrogen-bond donors (Lipinski definition) is 0. The molecule has 102 valence electrons. The number of carbonyl (C=O) groups excluding carboxylic acids is 1. The van der Waals surface area contributed by atoms with Crippen molar-refractivity contribution in [2.75, 3.05) is 33.4 Å². The Bertz CT molecular complexity index is 482. The van der Waals surface area contributed by atoms with E-state index in [2.05, 4.69) is 15.9 Å². The van der Waals surface area contributed by atoms with Gasteiger partial charge in [-0.25, -0.2) is 0 Å². The van der Waals surface area contributed by atoms with E-state index in [9.17, 15) is 4.79 Å². The number of nitrogens with zero attached hydrogens (tertiary/aromatic N) is 1. The molecule has 0 saturated carbocycles. The Hall–Kier alpha value is -1.33. The van der Waals surface area contributed by atoms with Crippen LogP contribution in [0, 0.1) is 0 Å². The molecule has 4 nitrogen and oxygen atoms in total. The van der Waals surface area contributed by atoms with Crippen LogP contribution in [-0.4, -0.2) is 44.2 Å². The molecular weight excluding hydrogens is 310 g/mol. The molecule has 0 unspecified atom stereocenters. The average molecular weight is 326 g/mol. The second-order valence-corrected chi connectivity index (χ2v) is 5.07. The highest BCUT2D eigenvalue weighted by Gasteiger charge is 2.14.